The molecule has 1 amide bonds. The van der Waals surface area contributed by atoms with Gasteiger partial charge in [-0.2, -0.15) is 0 Å². The number of hydrogen-bond donors (Lipinski definition) is 2. The van der Waals surface area contributed by atoms with E-state index in [9.17, 15) is 4.79 Å². The molecule has 0 spiro atoms. The summed E-state index contributed by atoms with van der Waals surface area (Å²) in [5.41, 5.74) is 0. The van der Waals surface area contributed by atoms with Crippen LogP contribution in [0.25, 0.3) is 0 Å². The zero-order valence-corrected chi connectivity index (χ0v) is 8.63. The summed E-state index contributed by atoms with van der Waals surface area (Å²) in [5.74, 6) is 0. The highest BCUT2D eigenvalue weighted by Crippen LogP contribution is 1.97. The van der Waals surface area contributed by atoms with E-state index in [2.05, 4.69) is 5.32 Å². The van der Waals surface area contributed by atoms with Gasteiger partial charge in [0.2, 0.25) is 0 Å². The second-order valence-electron chi connectivity index (χ2n) is 2.34. The molecule has 2 N–H and O–H groups in total. The van der Waals surface area contributed by atoms with E-state index >= 15 is 0 Å². The number of amides is 1. The number of halogens is 1. The predicted octanol–water partition coefficient (Wildman–Crippen LogP) is 1.68. The molecule has 0 saturated carbocycles. The second-order valence-corrected chi connectivity index (χ2v) is 3.32. The van der Waals surface area contributed by atoms with Crippen LogP contribution in [0.1, 0.15) is 25.7 Å². The molecule has 0 aromatic carbocycles. The van der Waals surface area contributed by atoms with Gasteiger partial charge in [-0.1, -0.05) is 12.8 Å². The van der Waals surface area contributed by atoms with Crippen LogP contribution in [0.4, 0.5) is 4.79 Å². The van der Waals surface area contributed by atoms with E-state index in [-0.39, 0.29) is 10.5 Å². The maximum atomic E-state index is 10.4. The summed E-state index contributed by atoms with van der Waals surface area (Å²) in [6.45, 7) is 1.03. The lowest BCUT2D eigenvalue weighted by Gasteiger charge is -1.99. The third-order valence-corrected chi connectivity index (χ3v) is 1.73. The van der Waals surface area contributed by atoms with Gasteiger partial charge >= 0.3 is 0 Å². The Morgan fingerprint density at radius 2 is 1.91 bits per heavy atom. The van der Waals surface area contributed by atoms with Crippen molar-refractivity contribution in [2.75, 3.05) is 13.2 Å². The second kappa shape index (κ2) is 8.26. The lowest BCUT2D eigenvalue weighted by molar-refractivity contribution is 0.262. The Bertz CT molecular complexity index is 109. The molecule has 4 heteroatoms. The van der Waals surface area contributed by atoms with Crippen molar-refractivity contribution in [3.05, 3.63) is 0 Å². The van der Waals surface area contributed by atoms with Crippen molar-refractivity contribution < 1.29 is 9.90 Å². The largest absolute Gasteiger partial charge is 0.396 e. The van der Waals surface area contributed by atoms with Crippen LogP contribution in [-0.2, 0) is 0 Å². The molecule has 0 bridgehead atoms. The molecule has 11 heavy (non-hydrogen) atoms. The van der Waals surface area contributed by atoms with Gasteiger partial charge < -0.3 is 10.4 Å². The topological polar surface area (TPSA) is 49.3 Å². The molecule has 0 rings (SSSR count). The van der Waals surface area contributed by atoms with E-state index in [0.29, 0.717) is 0 Å². The first-order chi connectivity index (χ1) is 5.27. The summed E-state index contributed by atoms with van der Waals surface area (Å²) in [7, 11) is 0. The van der Waals surface area contributed by atoms with Crippen LogP contribution in [0.15, 0.2) is 0 Å². The number of carbonyl (C=O) groups excluding carboxylic acids is 1. The zero-order valence-electron chi connectivity index (χ0n) is 6.48. The maximum absolute atomic E-state index is 10.4. The van der Waals surface area contributed by atoms with Crippen LogP contribution in [0.5, 0.6) is 0 Å². The average Bonchev–Trinajstić information content (AvgIpc) is 1.96. The lowest BCUT2D eigenvalue weighted by atomic mass is 10.2. The van der Waals surface area contributed by atoms with Crippen LogP contribution < -0.4 is 5.32 Å². The van der Waals surface area contributed by atoms with Crippen molar-refractivity contribution in [2.24, 2.45) is 0 Å². The Morgan fingerprint density at radius 1 is 1.27 bits per heavy atom. The van der Waals surface area contributed by atoms with E-state index in [1.165, 1.54) is 0 Å². The maximum Gasteiger partial charge on any atom is 0.280 e. The monoisotopic (exact) mass is 271 g/mol. The molecule has 66 valence electrons. The minimum Gasteiger partial charge on any atom is -0.396 e. The first-order valence-electron chi connectivity index (χ1n) is 3.81. The van der Waals surface area contributed by atoms with E-state index in [1.54, 1.807) is 22.6 Å². The Labute approximate surface area is 80.7 Å². The third-order valence-electron chi connectivity index (χ3n) is 1.35. The Balaban J connectivity index is 2.85. The van der Waals surface area contributed by atoms with Crippen molar-refractivity contribution in [1.82, 2.24) is 5.32 Å². The minimum atomic E-state index is 0.00441. The van der Waals surface area contributed by atoms with Gasteiger partial charge in [0.05, 0.1) is 0 Å². The number of aliphatic hydroxyl groups is 1. The fraction of sp³-hybridized carbons (Fsp3) is 0.857. The summed E-state index contributed by atoms with van der Waals surface area (Å²) < 4.78 is 0.00441. The normalized spacial score (nSPS) is 9.64. The number of rotatable bonds is 6. The summed E-state index contributed by atoms with van der Waals surface area (Å²) >= 11 is 1.72. The summed E-state index contributed by atoms with van der Waals surface area (Å²) in [4.78, 5) is 10.4. The highest BCUT2D eigenvalue weighted by Gasteiger charge is 1.91. The molecule has 0 fully saturated rings. The number of aliphatic hydroxyl groups excluding tert-OH is 1. The molecule has 0 heterocycles. The van der Waals surface area contributed by atoms with Gasteiger partial charge in [0.1, 0.15) is 0 Å². The predicted molar refractivity (Wildman–Crippen MR) is 53.0 cm³/mol. The van der Waals surface area contributed by atoms with Gasteiger partial charge in [0.15, 0.2) is 0 Å². The lowest BCUT2D eigenvalue weighted by Crippen LogP contribution is -2.16. The molecule has 0 aliphatic carbocycles. The fourth-order valence-corrected chi connectivity index (χ4v) is 1.05. The van der Waals surface area contributed by atoms with Gasteiger partial charge in [0.25, 0.3) is 3.91 Å². The first kappa shape index (κ1) is 11.2. The van der Waals surface area contributed by atoms with Crippen molar-refractivity contribution in [3.8, 4) is 0 Å². The van der Waals surface area contributed by atoms with E-state index < -0.39 is 0 Å². The van der Waals surface area contributed by atoms with Gasteiger partial charge in [-0.25, -0.2) is 0 Å². The molecule has 0 aliphatic heterocycles. The van der Waals surface area contributed by atoms with Gasteiger partial charge in [-0.15, -0.1) is 0 Å². The molecule has 0 unspecified atom stereocenters. The van der Waals surface area contributed by atoms with Crippen molar-refractivity contribution in [2.45, 2.75) is 25.7 Å². The van der Waals surface area contributed by atoms with E-state index in [1.807, 2.05) is 0 Å². The molecule has 0 aliphatic rings. The van der Waals surface area contributed by atoms with Crippen LogP contribution in [0, 0.1) is 0 Å². The van der Waals surface area contributed by atoms with Crippen molar-refractivity contribution in [1.29, 1.82) is 0 Å². The SMILES string of the molecule is O=C(I)NCCCCCCO. The number of unbranched alkanes of at least 4 members (excludes halogenated alkanes) is 3. The average molecular weight is 271 g/mol. The van der Waals surface area contributed by atoms with Gasteiger partial charge in [-0.05, 0) is 12.8 Å². The quantitative estimate of drug-likeness (QED) is 0.334. The Morgan fingerprint density at radius 3 is 2.45 bits per heavy atom. The standard InChI is InChI=1S/C7H14INO2/c8-7(11)9-5-3-1-2-4-6-10/h10H,1-6H2,(H,9,11). The number of nitrogens with one attached hydrogen (secondary N) is 1. The molecule has 0 aromatic heterocycles. The number of carbonyl (C=O) groups is 1. The summed E-state index contributed by atoms with van der Waals surface area (Å²) in [6.07, 6.45) is 4.01. The highest BCUT2D eigenvalue weighted by molar-refractivity contribution is 14.1. The van der Waals surface area contributed by atoms with Crippen LogP contribution in [0.2, 0.25) is 0 Å². The summed E-state index contributed by atoms with van der Waals surface area (Å²) in [6, 6.07) is 0. The molecule has 0 radical (unpaired) electrons. The third kappa shape index (κ3) is 10.2. The Kier molecular flexibility index (Phi) is 8.38. The number of hydrogen-bond acceptors (Lipinski definition) is 2. The smallest absolute Gasteiger partial charge is 0.280 e. The van der Waals surface area contributed by atoms with Crippen molar-refractivity contribution in [3.63, 3.8) is 0 Å². The van der Waals surface area contributed by atoms with Crippen LogP contribution in [-0.4, -0.2) is 22.2 Å². The molecule has 3 nitrogen and oxygen atoms in total. The van der Waals surface area contributed by atoms with Gasteiger partial charge in [0, 0.05) is 35.7 Å². The Hall–Kier alpha value is 0.160. The highest BCUT2D eigenvalue weighted by atomic mass is 127. The van der Waals surface area contributed by atoms with E-state index in [0.717, 1.165) is 32.2 Å². The fourth-order valence-electron chi connectivity index (χ4n) is 0.777. The molecule has 0 saturated heterocycles. The van der Waals surface area contributed by atoms with Crippen LogP contribution in [0.3, 0.4) is 0 Å². The molecule has 0 atom stereocenters. The molecular weight excluding hydrogens is 257 g/mol. The molecular formula is C7H14INO2. The first-order valence-corrected chi connectivity index (χ1v) is 4.89. The van der Waals surface area contributed by atoms with Gasteiger partial charge in [-0.3, -0.25) is 4.79 Å². The van der Waals surface area contributed by atoms with E-state index in [4.69, 9.17) is 5.11 Å². The molecule has 0 aromatic rings. The minimum absolute atomic E-state index is 0.00441. The zero-order chi connectivity index (χ0) is 8.53. The summed E-state index contributed by atoms with van der Waals surface area (Å²) in [5, 5.41) is 11.1. The van der Waals surface area contributed by atoms with Crippen molar-refractivity contribution >= 4 is 26.5 Å². The van der Waals surface area contributed by atoms with Crippen LogP contribution >= 0.6 is 22.6 Å².